The average molecular weight is 306 g/mol. The van der Waals surface area contributed by atoms with E-state index in [2.05, 4.69) is 17.3 Å². The molecule has 0 bridgehead atoms. The number of nitrogens with zero attached hydrogens (tertiary/aromatic N) is 1. The van der Waals surface area contributed by atoms with Gasteiger partial charge in [0.15, 0.2) is 11.5 Å². The van der Waals surface area contributed by atoms with Crippen molar-refractivity contribution < 1.29 is 9.47 Å². The van der Waals surface area contributed by atoms with E-state index in [9.17, 15) is 0 Å². The van der Waals surface area contributed by atoms with Gasteiger partial charge in [-0.15, -0.1) is 11.3 Å². The van der Waals surface area contributed by atoms with E-state index in [1.54, 1.807) is 25.6 Å². The average Bonchev–Trinajstić information content (AvgIpc) is 2.82. The number of methoxy groups -OCH3 is 2. The molecular formula is C16H22N2O2S. The standard InChI is InChI=1S/C16H22N2O2S/c1-11-18-13(10-21-11)9-16(2,17)8-12-5-6-14(19-3)15(7-12)20-4/h5-7,10H,8-9,17H2,1-4H3. The number of thiazole rings is 1. The van der Waals surface area contributed by atoms with Crippen molar-refractivity contribution in [3.05, 3.63) is 39.8 Å². The molecule has 0 radical (unpaired) electrons. The molecule has 2 rings (SSSR count). The van der Waals surface area contributed by atoms with Crippen LogP contribution in [-0.2, 0) is 12.8 Å². The summed E-state index contributed by atoms with van der Waals surface area (Å²) in [4.78, 5) is 4.49. The summed E-state index contributed by atoms with van der Waals surface area (Å²) >= 11 is 1.66. The second-order valence-electron chi connectivity index (χ2n) is 5.55. The van der Waals surface area contributed by atoms with E-state index in [1.807, 2.05) is 25.1 Å². The molecule has 1 heterocycles. The molecule has 0 spiro atoms. The van der Waals surface area contributed by atoms with E-state index in [4.69, 9.17) is 15.2 Å². The molecule has 0 saturated carbocycles. The molecule has 2 N–H and O–H groups in total. The van der Waals surface area contributed by atoms with Crippen LogP contribution in [0, 0.1) is 6.92 Å². The molecule has 1 unspecified atom stereocenters. The third kappa shape index (κ3) is 4.19. The summed E-state index contributed by atoms with van der Waals surface area (Å²) in [5.74, 6) is 1.46. The van der Waals surface area contributed by atoms with Crippen LogP contribution in [0.4, 0.5) is 0 Å². The van der Waals surface area contributed by atoms with E-state index in [1.165, 1.54) is 0 Å². The van der Waals surface area contributed by atoms with Crippen LogP contribution in [0.2, 0.25) is 0 Å². The predicted octanol–water partition coefficient (Wildman–Crippen LogP) is 2.97. The lowest BCUT2D eigenvalue weighted by Gasteiger charge is -2.24. The van der Waals surface area contributed by atoms with Crippen molar-refractivity contribution in [2.45, 2.75) is 32.2 Å². The van der Waals surface area contributed by atoms with Gasteiger partial charge >= 0.3 is 0 Å². The van der Waals surface area contributed by atoms with Gasteiger partial charge in [0, 0.05) is 17.3 Å². The van der Waals surface area contributed by atoms with Crippen LogP contribution in [0.5, 0.6) is 11.5 Å². The molecule has 1 aromatic heterocycles. The smallest absolute Gasteiger partial charge is 0.160 e. The van der Waals surface area contributed by atoms with Gasteiger partial charge in [-0.3, -0.25) is 0 Å². The summed E-state index contributed by atoms with van der Waals surface area (Å²) in [6.07, 6.45) is 1.51. The van der Waals surface area contributed by atoms with Crippen LogP contribution < -0.4 is 15.2 Å². The molecule has 0 aliphatic carbocycles. The number of hydrogen-bond donors (Lipinski definition) is 1. The minimum atomic E-state index is -0.347. The molecule has 0 aliphatic rings. The van der Waals surface area contributed by atoms with Gasteiger partial charge in [0.2, 0.25) is 0 Å². The molecule has 21 heavy (non-hydrogen) atoms. The predicted molar refractivity (Wildman–Crippen MR) is 86.4 cm³/mol. The molecule has 5 heteroatoms. The summed E-state index contributed by atoms with van der Waals surface area (Å²) < 4.78 is 10.6. The number of rotatable bonds is 6. The monoisotopic (exact) mass is 306 g/mol. The Labute approximate surface area is 129 Å². The van der Waals surface area contributed by atoms with Gasteiger partial charge in [-0.1, -0.05) is 6.07 Å². The summed E-state index contributed by atoms with van der Waals surface area (Å²) in [6, 6.07) is 5.92. The second-order valence-corrected chi connectivity index (χ2v) is 6.62. The van der Waals surface area contributed by atoms with Crippen LogP contribution in [0.15, 0.2) is 23.6 Å². The number of ether oxygens (including phenoxy) is 2. The molecule has 1 atom stereocenters. The fraction of sp³-hybridized carbons (Fsp3) is 0.438. The molecule has 0 saturated heterocycles. The fourth-order valence-corrected chi connectivity index (χ4v) is 3.04. The van der Waals surface area contributed by atoms with Gasteiger partial charge in [0.1, 0.15) is 0 Å². The number of benzene rings is 1. The largest absolute Gasteiger partial charge is 0.493 e. The van der Waals surface area contributed by atoms with Gasteiger partial charge in [-0.25, -0.2) is 4.98 Å². The van der Waals surface area contributed by atoms with Crippen molar-refractivity contribution in [2.24, 2.45) is 5.73 Å². The molecule has 2 aromatic rings. The van der Waals surface area contributed by atoms with Gasteiger partial charge < -0.3 is 15.2 Å². The fourth-order valence-electron chi connectivity index (χ4n) is 2.42. The van der Waals surface area contributed by atoms with E-state index >= 15 is 0 Å². The number of aromatic nitrogens is 1. The van der Waals surface area contributed by atoms with E-state index in [-0.39, 0.29) is 5.54 Å². The Bertz CT molecular complexity index is 608. The highest BCUT2D eigenvalue weighted by Crippen LogP contribution is 2.29. The van der Waals surface area contributed by atoms with Gasteiger partial charge in [-0.2, -0.15) is 0 Å². The molecule has 4 nitrogen and oxygen atoms in total. The highest BCUT2D eigenvalue weighted by Gasteiger charge is 2.22. The van der Waals surface area contributed by atoms with Gasteiger partial charge in [0.25, 0.3) is 0 Å². The first-order valence-corrected chi connectivity index (χ1v) is 7.72. The molecule has 0 fully saturated rings. The second kappa shape index (κ2) is 6.45. The summed E-state index contributed by atoms with van der Waals surface area (Å²) in [7, 11) is 3.27. The Morgan fingerprint density at radius 1 is 1.19 bits per heavy atom. The van der Waals surface area contributed by atoms with Crippen LogP contribution in [0.1, 0.15) is 23.2 Å². The lowest BCUT2D eigenvalue weighted by Crippen LogP contribution is -2.41. The first kappa shape index (κ1) is 15.8. The Morgan fingerprint density at radius 2 is 1.90 bits per heavy atom. The summed E-state index contributed by atoms with van der Waals surface area (Å²) in [5, 5.41) is 3.15. The van der Waals surface area contributed by atoms with Crippen molar-refractivity contribution in [3.8, 4) is 11.5 Å². The summed E-state index contributed by atoms with van der Waals surface area (Å²) in [5.41, 5.74) is 8.29. The first-order valence-electron chi connectivity index (χ1n) is 6.84. The molecule has 1 aromatic carbocycles. The van der Waals surface area contributed by atoms with Crippen LogP contribution >= 0.6 is 11.3 Å². The van der Waals surface area contributed by atoms with Crippen molar-refractivity contribution >= 4 is 11.3 Å². The van der Waals surface area contributed by atoms with E-state index in [0.29, 0.717) is 0 Å². The number of aryl methyl sites for hydroxylation is 1. The van der Waals surface area contributed by atoms with Crippen molar-refractivity contribution in [3.63, 3.8) is 0 Å². The molecular weight excluding hydrogens is 284 g/mol. The molecule has 0 aliphatic heterocycles. The zero-order valence-corrected chi connectivity index (χ0v) is 13.8. The lowest BCUT2D eigenvalue weighted by atomic mass is 9.89. The third-order valence-electron chi connectivity index (χ3n) is 3.31. The minimum Gasteiger partial charge on any atom is -0.493 e. The maximum atomic E-state index is 6.44. The van der Waals surface area contributed by atoms with Crippen molar-refractivity contribution in [1.29, 1.82) is 0 Å². The highest BCUT2D eigenvalue weighted by atomic mass is 32.1. The molecule has 0 amide bonds. The Hall–Kier alpha value is -1.59. The Morgan fingerprint density at radius 3 is 2.48 bits per heavy atom. The molecule has 114 valence electrons. The highest BCUT2D eigenvalue weighted by molar-refractivity contribution is 7.09. The third-order valence-corrected chi connectivity index (χ3v) is 4.13. The quantitative estimate of drug-likeness (QED) is 0.891. The van der Waals surface area contributed by atoms with Gasteiger partial charge in [0.05, 0.1) is 24.9 Å². The summed E-state index contributed by atoms with van der Waals surface area (Å²) in [6.45, 7) is 4.06. The number of nitrogens with two attached hydrogens (primary N) is 1. The maximum absolute atomic E-state index is 6.44. The zero-order chi connectivity index (χ0) is 15.5. The topological polar surface area (TPSA) is 57.4 Å². The lowest BCUT2D eigenvalue weighted by molar-refractivity contribution is 0.354. The Kier molecular flexibility index (Phi) is 4.85. The zero-order valence-electron chi connectivity index (χ0n) is 13.0. The van der Waals surface area contributed by atoms with Crippen LogP contribution in [-0.4, -0.2) is 24.7 Å². The van der Waals surface area contributed by atoms with Gasteiger partial charge in [-0.05, 0) is 38.0 Å². The minimum absolute atomic E-state index is 0.347. The Balaban J connectivity index is 2.12. The van der Waals surface area contributed by atoms with Crippen LogP contribution in [0.3, 0.4) is 0 Å². The normalized spacial score (nSPS) is 13.8. The van der Waals surface area contributed by atoms with E-state index < -0.39 is 0 Å². The van der Waals surface area contributed by atoms with E-state index in [0.717, 1.165) is 40.6 Å². The first-order chi connectivity index (χ1) is 9.93. The van der Waals surface area contributed by atoms with Crippen molar-refractivity contribution in [2.75, 3.05) is 14.2 Å². The number of hydrogen-bond acceptors (Lipinski definition) is 5. The maximum Gasteiger partial charge on any atom is 0.160 e. The van der Waals surface area contributed by atoms with Crippen LogP contribution in [0.25, 0.3) is 0 Å². The van der Waals surface area contributed by atoms with Crippen molar-refractivity contribution in [1.82, 2.24) is 4.98 Å². The SMILES string of the molecule is COc1ccc(CC(C)(N)Cc2csc(C)n2)cc1OC.